The molecule has 1 aliphatic heterocycles. The number of amides is 2. The maximum atomic E-state index is 12.6. The average Bonchev–Trinajstić information content (AvgIpc) is 2.64. The Morgan fingerprint density at radius 1 is 1.12 bits per heavy atom. The Morgan fingerprint density at radius 3 is 2.48 bits per heavy atom. The second-order valence-corrected chi connectivity index (χ2v) is 6.22. The molecule has 0 radical (unpaired) electrons. The highest BCUT2D eigenvalue weighted by Gasteiger charge is 2.24. The van der Waals surface area contributed by atoms with Crippen molar-refractivity contribution in [3.05, 3.63) is 53.2 Å². The zero-order valence-corrected chi connectivity index (χ0v) is 14.1. The lowest BCUT2D eigenvalue weighted by Gasteiger charge is -2.32. The topological polar surface area (TPSA) is 101 Å². The van der Waals surface area contributed by atoms with E-state index in [2.05, 4.69) is 15.5 Å². The Labute approximate surface area is 146 Å². The van der Waals surface area contributed by atoms with Crippen molar-refractivity contribution in [2.75, 3.05) is 18.4 Å². The summed E-state index contributed by atoms with van der Waals surface area (Å²) in [6, 6.07) is 10.6. The van der Waals surface area contributed by atoms with Crippen molar-refractivity contribution >= 4 is 17.6 Å². The number of rotatable bonds is 4. The van der Waals surface area contributed by atoms with Gasteiger partial charge in [0, 0.05) is 30.3 Å². The molecule has 130 valence electrons. The number of carbonyl (C=O) groups is 2. The number of piperidine rings is 1. The van der Waals surface area contributed by atoms with Crippen molar-refractivity contribution in [1.29, 1.82) is 0 Å². The smallest absolute Gasteiger partial charge is 0.253 e. The Morgan fingerprint density at radius 2 is 1.84 bits per heavy atom. The van der Waals surface area contributed by atoms with Gasteiger partial charge in [0.2, 0.25) is 5.91 Å². The normalized spacial score (nSPS) is 15.0. The molecule has 0 atom stereocenters. The number of primary amides is 1. The Bertz CT molecular complexity index is 767. The fourth-order valence-corrected chi connectivity index (χ4v) is 2.90. The van der Waals surface area contributed by atoms with Crippen molar-refractivity contribution in [1.82, 2.24) is 15.1 Å². The highest BCUT2D eigenvalue weighted by atomic mass is 16.2. The third-order valence-electron chi connectivity index (χ3n) is 4.33. The van der Waals surface area contributed by atoms with Crippen LogP contribution >= 0.6 is 0 Å². The number of aromatic nitrogens is 2. The molecule has 2 aromatic rings. The SMILES string of the molecule is Cc1ccc(NC2CCN(C(=O)c3cccc(C(N)=O)c3)CC2)nn1. The molecule has 1 fully saturated rings. The van der Waals surface area contributed by atoms with E-state index in [0.717, 1.165) is 24.4 Å². The van der Waals surface area contributed by atoms with Crippen LogP contribution in [0.3, 0.4) is 0 Å². The van der Waals surface area contributed by atoms with Crippen molar-refractivity contribution in [2.45, 2.75) is 25.8 Å². The third kappa shape index (κ3) is 4.12. The van der Waals surface area contributed by atoms with E-state index in [1.165, 1.54) is 0 Å². The van der Waals surface area contributed by atoms with E-state index in [-0.39, 0.29) is 11.9 Å². The number of nitrogens with zero attached hydrogens (tertiary/aromatic N) is 3. The minimum absolute atomic E-state index is 0.0725. The van der Waals surface area contributed by atoms with Gasteiger partial charge in [0.1, 0.15) is 5.82 Å². The first kappa shape index (κ1) is 16.9. The van der Waals surface area contributed by atoms with Crippen LogP contribution in [0.2, 0.25) is 0 Å². The van der Waals surface area contributed by atoms with Gasteiger partial charge in [-0.25, -0.2) is 0 Å². The molecule has 2 heterocycles. The summed E-state index contributed by atoms with van der Waals surface area (Å²) in [4.78, 5) is 25.7. The maximum Gasteiger partial charge on any atom is 0.253 e. The van der Waals surface area contributed by atoms with Crippen LogP contribution in [0.25, 0.3) is 0 Å². The zero-order chi connectivity index (χ0) is 17.8. The Hall–Kier alpha value is -2.96. The summed E-state index contributed by atoms with van der Waals surface area (Å²) in [5, 5.41) is 11.5. The molecule has 0 bridgehead atoms. The highest BCUT2D eigenvalue weighted by Crippen LogP contribution is 2.17. The van der Waals surface area contributed by atoms with Crippen molar-refractivity contribution in [2.24, 2.45) is 5.73 Å². The number of aryl methyl sites for hydroxylation is 1. The van der Waals surface area contributed by atoms with Gasteiger partial charge in [0.15, 0.2) is 0 Å². The second-order valence-electron chi connectivity index (χ2n) is 6.22. The molecule has 1 aromatic carbocycles. The van der Waals surface area contributed by atoms with E-state index >= 15 is 0 Å². The molecule has 3 N–H and O–H groups in total. The van der Waals surface area contributed by atoms with Gasteiger partial charge in [-0.3, -0.25) is 9.59 Å². The molecular weight excluding hydrogens is 318 g/mol. The van der Waals surface area contributed by atoms with E-state index in [9.17, 15) is 9.59 Å². The minimum Gasteiger partial charge on any atom is -0.366 e. The van der Waals surface area contributed by atoms with E-state index < -0.39 is 5.91 Å². The highest BCUT2D eigenvalue weighted by molar-refractivity contribution is 5.99. The molecule has 25 heavy (non-hydrogen) atoms. The summed E-state index contributed by atoms with van der Waals surface area (Å²) in [6.45, 7) is 3.20. The quantitative estimate of drug-likeness (QED) is 0.881. The van der Waals surface area contributed by atoms with Crippen LogP contribution < -0.4 is 11.1 Å². The number of likely N-dealkylation sites (tertiary alicyclic amines) is 1. The van der Waals surface area contributed by atoms with Gasteiger partial charge in [-0.15, -0.1) is 5.10 Å². The van der Waals surface area contributed by atoms with Crippen LogP contribution in [-0.2, 0) is 0 Å². The number of benzene rings is 1. The predicted molar refractivity (Wildman–Crippen MR) is 94.3 cm³/mol. The van der Waals surface area contributed by atoms with Gasteiger partial charge in [0.05, 0.1) is 5.69 Å². The molecule has 7 heteroatoms. The number of anilines is 1. The van der Waals surface area contributed by atoms with Crippen LogP contribution in [0, 0.1) is 6.92 Å². The van der Waals surface area contributed by atoms with Crippen molar-refractivity contribution < 1.29 is 9.59 Å². The number of nitrogens with two attached hydrogens (primary N) is 1. The fourth-order valence-electron chi connectivity index (χ4n) is 2.90. The minimum atomic E-state index is -0.531. The predicted octanol–water partition coefficient (Wildman–Crippen LogP) is 1.60. The molecule has 3 rings (SSSR count). The summed E-state index contributed by atoms with van der Waals surface area (Å²) in [5.74, 6) is 0.151. The lowest BCUT2D eigenvalue weighted by Crippen LogP contribution is -2.42. The maximum absolute atomic E-state index is 12.6. The van der Waals surface area contributed by atoms with Gasteiger partial charge in [-0.2, -0.15) is 5.10 Å². The summed E-state index contributed by atoms with van der Waals surface area (Å²) in [6.07, 6.45) is 1.66. The van der Waals surface area contributed by atoms with Gasteiger partial charge in [0.25, 0.3) is 5.91 Å². The lowest BCUT2D eigenvalue weighted by atomic mass is 10.0. The first-order valence-corrected chi connectivity index (χ1v) is 8.29. The van der Waals surface area contributed by atoms with Gasteiger partial charge < -0.3 is 16.0 Å². The third-order valence-corrected chi connectivity index (χ3v) is 4.33. The first-order valence-electron chi connectivity index (χ1n) is 8.29. The number of carbonyl (C=O) groups excluding carboxylic acids is 2. The van der Waals surface area contributed by atoms with Crippen LogP contribution in [0.4, 0.5) is 5.82 Å². The van der Waals surface area contributed by atoms with Crippen LogP contribution in [0.5, 0.6) is 0 Å². The van der Waals surface area contributed by atoms with Crippen molar-refractivity contribution in [3.8, 4) is 0 Å². The summed E-state index contributed by atoms with van der Waals surface area (Å²) in [7, 11) is 0. The van der Waals surface area contributed by atoms with Crippen molar-refractivity contribution in [3.63, 3.8) is 0 Å². The fraction of sp³-hybridized carbons (Fsp3) is 0.333. The number of hydrogen-bond donors (Lipinski definition) is 2. The molecule has 1 aliphatic rings. The molecule has 0 aliphatic carbocycles. The number of nitrogens with one attached hydrogen (secondary N) is 1. The lowest BCUT2D eigenvalue weighted by molar-refractivity contribution is 0.0718. The molecule has 0 saturated carbocycles. The van der Waals surface area contributed by atoms with Crippen LogP contribution in [-0.4, -0.2) is 46.0 Å². The summed E-state index contributed by atoms with van der Waals surface area (Å²) in [5.41, 5.74) is 7.00. The average molecular weight is 339 g/mol. The molecule has 0 unspecified atom stereocenters. The van der Waals surface area contributed by atoms with Crippen LogP contribution in [0.1, 0.15) is 39.3 Å². The van der Waals surface area contributed by atoms with E-state index in [4.69, 9.17) is 5.73 Å². The van der Waals surface area contributed by atoms with Gasteiger partial charge >= 0.3 is 0 Å². The molecule has 0 spiro atoms. The molecule has 1 aromatic heterocycles. The first-order chi connectivity index (χ1) is 12.0. The van der Waals surface area contributed by atoms with E-state index in [1.807, 2.05) is 19.1 Å². The molecular formula is C18H21N5O2. The van der Waals surface area contributed by atoms with Crippen LogP contribution in [0.15, 0.2) is 36.4 Å². The van der Waals surface area contributed by atoms with Gasteiger partial charge in [-0.05, 0) is 50.1 Å². The van der Waals surface area contributed by atoms with E-state index in [1.54, 1.807) is 29.2 Å². The Balaban J connectivity index is 1.58. The largest absolute Gasteiger partial charge is 0.366 e. The number of hydrogen-bond acceptors (Lipinski definition) is 5. The molecule has 2 amide bonds. The standard InChI is InChI=1S/C18H21N5O2/c1-12-5-6-16(22-21-12)20-15-7-9-23(10-8-15)18(25)14-4-2-3-13(11-14)17(19)24/h2-6,11,15H,7-10H2,1H3,(H2,19,24)(H,20,22). The summed E-state index contributed by atoms with van der Waals surface area (Å²) < 4.78 is 0. The zero-order valence-electron chi connectivity index (χ0n) is 14.1. The Kier molecular flexibility index (Phi) is 4.92. The summed E-state index contributed by atoms with van der Waals surface area (Å²) >= 11 is 0. The monoisotopic (exact) mass is 339 g/mol. The second kappa shape index (κ2) is 7.29. The molecule has 1 saturated heterocycles. The molecule has 7 nitrogen and oxygen atoms in total. The van der Waals surface area contributed by atoms with Gasteiger partial charge in [-0.1, -0.05) is 6.07 Å². The van der Waals surface area contributed by atoms with E-state index in [0.29, 0.717) is 24.2 Å².